The maximum atomic E-state index is 14.0. The van der Waals surface area contributed by atoms with Crippen molar-refractivity contribution in [3.05, 3.63) is 47.4 Å². The Balaban J connectivity index is 1.38. The maximum absolute atomic E-state index is 14.0. The number of aromatic nitrogens is 1. The first-order valence-electron chi connectivity index (χ1n) is 9.55. The summed E-state index contributed by atoms with van der Waals surface area (Å²) < 4.78 is 52.8. The molecule has 1 aromatic carbocycles. The van der Waals surface area contributed by atoms with Gasteiger partial charge in [-0.2, -0.15) is 0 Å². The highest BCUT2D eigenvalue weighted by molar-refractivity contribution is 7.90. The summed E-state index contributed by atoms with van der Waals surface area (Å²) in [5, 5.41) is -0.00546. The maximum Gasteiger partial charge on any atom is 0.214 e. The summed E-state index contributed by atoms with van der Waals surface area (Å²) in [6.07, 6.45) is 3.49. The van der Waals surface area contributed by atoms with E-state index in [2.05, 4.69) is 9.71 Å². The van der Waals surface area contributed by atoms with Gasteiger partial charge in [0.25, 0.3) is 0 Å². The molecular formula is C20H22ClFN2O4S. The minimum absolute atomic E-state index is 0.0765. The number of pyridine rings is 1. The van der Waals surface area contributed by atoms with Crippen LogP contribution in [0.15, 0.2) is 36.5 Å². The average Bonchev–Trinajstić information content (AvgIpc) is 3.54. The SMILES string of the molecule is O=S(=O)(NC1CCOCC1COc1ccc(-c2ncc(Cl)cc2F)cc1)C1CC1. The molecule has 29 heavy (non-hydrogen) atoms. The number of rotatable bonds is 7. The highest BCUT2D eigenvalue weighted by atomic mass is 35.5. The summed E-state index contributed by atoms with van der Waals surface area (Å²) in [5.41, 5.74) is 0.832. The number of sulfonamides is 1. The summed E-state index contributed by atoms with van der Waals surface area (Å²) in [6, 6.07) is 7.94. The van der Waals surface area contributed by atoms with Crippen LogP contribution in [0.3, 0.4) is 0 Å². The Morgan fingerprint density at radius 1 is 1.24 bits per heavy atom. The number of ether oxygens (including phenoxy) is 2. The second-order valence-electron chi connectivity index (χ2n) is 7.41. The number of hydrogen-bond donors (Lipinski definition) is 1. The first-order valence-corrected chi connectivity index (χ1v) is 11.5. The highest BCUT2D eigenvalue weighted by Gasteiger charge is 2.39. The van der Waals surface area contributed by atoms with Gasteiger partial charge in [0, 0.05) is 30.3 Å². The molecule has 2 unspecified atom stereocenters. The Labute approximate surface area is 174 Å². The van der Waals surface area contributed by atoms with Gasteiger partial charge >= 0.3 is 0 Å². The van der Waals surface area contributed by atoms with Gasteiger partial charge in [-0.3, -0.25) is 4.98 Å². The number of hydrogen-bond acceptors (Lipinski definition) is 5. The molecule has 9 heteroatoms. The topological polar surface area (TPSA) is 77.5 Å². The smallest absolute Gasteiger partial charge is 0.214 e. The largest absolute Gasteiger partial charge is 0.493 e. The Kier molecular flexibility index (Phi) is 6.06. The zero-order chi connectivity index (χ0) is 20.4. The van der Waals surface area contributed by atoms with Crippen molar-refractivity contribution in [2.45, 2.75) is 30.6 Å². The Morgan fingerprint density at radius 3 is 2.69 bits per heavy atom. The molecule has 0 spiro atoms. The lowest BCUT2D eigenvalue weighted by Gasteiger charge is -2.31. The molecule has 2 heterocycles. The molecule has 2 aromatic rings. The summed E-state index contributed by atoms with van der Waals surface area (Å²) in [5.74, 6) is 0.0427. The molecule has 1 saturated carbocycles. The van der Waals surface area contributed by atoms with Crippen LogP contribution >= 0.6 is 11.6 Å². The quantitative estimate of drug-likeness (QED) is 0.714. The van der Waals surface area contributed by atoms with E-state index in [1.54, 1.807) is 24.3 Å². The molecular weight excluding hydrogens is 419 g/mol. The van der Waals surface area contributed by atoms with Crippen LogP contribution < -0.4 is 9.46 Å². The highest BCUT2D eigenvalue weighted by Crippen LogP contribution is 2.29. The molecule has 0 amide bonds. The Bertz CT molecular complexity index is 967. The zero-order valence-electron chi connectivity index (χ0n) is 15.7. The van der Waals surface area contributed by atoms with Crippen molar-refractivity contribution in [2.24, 2.45) is 5.92 Å². The molecule has 156 valence electrons. The number of halogens is 2. The number of nitrogens with zero attached hydrogens (tertiary/aromatic N) is 1. The zero-order valence-corrected chi connectivity index (χ0v) is 17.3. The standard InChI is InChI=1S/C20H22ClFN2O4S/c21-15-9-18(22)20(23-10-15)13-1-3-16(4-2-13)28-12-14-11-27-8-7-19(14)24-29(25,26)17-5-6-17/h1-4,9-10,14,17,19,24H,5-8,11-12H2. The molecule has 2 atom stereocenters. The molecule has 1 aliphatic carbocycles. The molecule has 0 bridgehead atoms. The fraction of sp³-hybridized carbons (Fsp3) is 0.450. The van der Waals surface area contributed by atoms with Gasteiger partial charge in [-0.25, -0.2) is 17.5 Å². The molecule has 0 radical (unpaired) electrons. The van der Waals surface area contributed by atoms with E-state index in [0.717, 1.165) is 12.8 Å². The molecule has 2 aliphatic rings. The van der Waals surface area contributed by atoms with E-state index in [0.29, 0.717) is 37.6 Å². The molecule has 4 rings (SSSR count). The predicted octanol–water partition coefficient (Wildman–Crippen LogP) is 3.41. The van der Waals surface area contributed by atoms with E-state index in [9.17, 15) is 12.8 Å². The monoisotopic (exact) mass is 440 g/mol. The summed E-state index contributed by atoms with van der Waals surface area (Å²) in [7, 11) is -3.26. The van der Waals surface area contributed by atoms with Gasteiger partial charge < -0.3 is 9.47 Å². The van der Waals surface area contributed by atoms with Crippen molar-refractivity contribution >= 4 is 21.6 Å². The second kappa shape index (κ2) is 8.55. The van der Waals surface area contributed by atoms with Crippen LogP contribution in [0.2, 0.25) is 5.02 Å². The third-order valence-corrected chi connectivity index (χ3v) is 7.34. The Hall–Kier alpha value is -1.74. The fourth-order valence-electron chi connectivity index (χ4n) is 3.34. The van der Waals surface area contributed by atoms with E-state index in [4.69, 9.17) is 21.1 Å². The van der Waals surface area contributed by atoms with Crippen LogP contribution in [0.25, 0.3) is 11.3 Å². The van der Waals surface area contributed by atoms with E-state index < -0.39 is 15.8 Å². The van der Waals surface area contributed by atoms with E-state index in [1.165, 1.54) is 12.3 Å². The molecule has 1 saturated heterocycles. The molecule has 2 fully saturated rings. The van der Waals surface area contributed by atoms with Crippen molar-refractivity contribution in [3.63, 3.8) is 0 Å². The fourth-order valence-corrected chi connectivity index (χ4v) is 5.17. The first kappa shape index (κ1) is 20.5. The third kappa shape index (κ3) is 5.06. The Morgan fingerprint density at radius 2 is 2.00 bits per heavy atom. The molecule has 6 nitrogen and oxygen atoms in total. The third-order valence-electron chi connectivity index (χ3n) is 5.15. The average molecular weight is 441 g/mol. The van der Waals surface area contributed by atoms with Crippen LogP contribution in [0.1, 0.15) is 19.3 Å². The minimum Gasteiger partial charge on any atom is -0.493 e. The van der Waals surface area contributed by atoms with Gasteiger partial charge in [-0.05, 0) is 49.6 Å². The lowest BCUT2D eigenvalue weighted by molar-refractivity contribution is 0.0186. The van der Waals surface area contributed by atoms with Crippen molar-refractivity contribution in [1.29, 1.82) is 0 Å². The van der Waals surface area contributed by atoms with Crippen molar-refractivity contribution in [1.82, 2.24) is 9.71 Å². The minimum atomic E-state index is -3.26. The van der Waals surface area contributed by atoms with Crippen LogP contribution in [0.5, 0.6) is 5.75 Å². The van der Waals surface area contributed by atoms with Crippen LogP contribution in [-0.2, 0) is 14.8 Å². The van der Waals surface area contributed by atoms with Crippen molar-refractivity contribution < 1.29 is 22.3 Å². The van der Waals surface area contributed by atoms with Gasteiger partial charge in [-0.15, -0.1) is 0 Å². The van der Waals surface area contributed by atoms with Crippen LogP contribution in [0.4, 0.5) is 4.39 Å². The van der Waals surface area contributed by atoms with Gasteiger partial charge in [-0.1, -0.05) is 11.6 Å². The lowest BCUT2D eigenvalue weighted by atomic mass is 9.98. The van der Waals surface area contributed by atoms with Gasteiger partial charge in [0.05, 0.1) is 23.5 Å². The number of nitrogens with one attached hydrogen (secondary N) is 1. The number of benzene rings is 1. The van der Waals surface area contributed by atoms with Crippen molar-refractivity contribution in [2.75, 3.05) is 19.8 Å². The normalized spacial score (nSPS) is 22.4. The van der Waals surface area contributed by atoms with E-state index >= 15 is 0 Å². The first-order chi connectivity index (χ1) is 13.9. The van der Waals surface area contributed by atoms with E-state index in [-0.39, 0.29) is 27.9 Å². The van der Waals surface area contributed by atoms with E-state index in [1.807, 2.05) is 0 Å². The summed E-state index contributed by atoms with van der Waals surface area (Å²) >= 11 is 5.74. The van der Waals surface area contributed by atoms with Crippen LogP contribution in [-0.4, -0.2) is 44.5 Å². The predicted molar refractivity (Wildman–Crippen MR) is 108 cm³/mol. The van der Waals surface area contributed by atoms with Gasteiger partial charge in [0.15, 0.2) is 5.82 Å². The summed E-state index contributed by atoms with van der Waals surface area (Å²) in [6.45, 7) is 1.29. The second-order valence-corrected chi connectivity index (χ2v) is 9.84. The van der Waals surface area contributed by atoms with Crippen molar-refractivity contribution in [3.8, 4) is 17.0 Å². The molecule has 1 aromatic heterocycles. The summed E-state index contributed by atoms with van der Waals surface area (Å²) in [4.78, 5) is 4.03. The van der Waals surface area contributed by atoms with Gasteiger partial charge in [0.1, 0.15) is 11.4 Å². The molecule has 1 aliphatic heterocycles. The lowest BCUT2D eigenvalue weighted by Crippen LogP contribution is -2.48. The van der Waals surface area contributed by atoms with Gasteiger partial charge in [0.2, 0.25) is 10.0 Å². The molecule has 1 N–H and O–H groups in total. The van der Waals surface area contributed by atoms with Crippen LogP contribution in [0, 0.1) is 11.7 Å².